The molecule has 0 amide bonds. The normalized spacial score (nSPS) is 26.0. The highest BCUT2D eigenvalue weighted by molar-refractivity contribution is 7.17. The minimum atomic E-state index is -0.147. The molecule has 0 saturated carbocycles. The zero-order valence-electron chi connectivity index (χ0n) is 17.8. The van der Waals surface area contributed by atoms with Crippen LogP contribution >= 0.6 is 11.3 Å². The molecule has 4 aromatic rings. The third-order valence-electron chi connectivity index (χ3n) is 6.33. The predicted molar refractivity (Wildman–Crippen MR) is 119 cm³/mol. The second-order valence-corrected chi connectivity index (χ2v) is 10.1. The second-order valence-electron chi connectivity index (χ2n) is 9.09. The third-order valence-corrected chi connectivity index (χ3v) is 7.47. The molecule has 6 heterocycles. The van der Waals surface area contributed by atoms with Crippen molar-refractivity contribution >= 4 is 21.9 Å². The largest absolute Gasteiger partial charge is 0.369 e. The van der Waals surface area contributed by atoms with E-state index in [1.54, 1.807) is 26.3 Å². The molecule has 0 aromatic carbocycles. The Hall–Kier alpha value is -2.62. The number of thiazole rings is 1. The van der Waals surface area contributed by atoms with Gasteiger partial charge in [0.2, 0.25) is 0 Å². The number of hydrogen-bond donors (Lipinski definition) is 1. The Morgan fingerprint density at radius 1 is 1.23 bits per heavy atom. The van der Waals surface area contributed by atoms with Crippen LogP contribution in [0.1, 0.15) is 41.8 Å². The van der Waals surface area contributed by atoms with Gasteiger partial charge in [0.1, 0.15) is 5.69 Å². The van der Waals surface area contributed by atoms with E-state index in [1.807, 2.05) is 32.3 Å². The van der Waals surface area contributed by atoms with E-state index in [9.17, 15) is 4.79 Å². The first-order valence-corrected chi connectivity index (χ1v) is 11.4. The predicted octanol–water partition coefficient (Wildman–Crippen LogP) is 2.71. The van der Waals surface area contributed by atoms with E-state index in [4.69, 9.17) is 9.72 Å². The van der Waals surface area contributed by atoms with Crippen molar-refractivity contribution in [3.63, 3.8) is 0 Å². The number of imidazole rings is 1. The molecule has 2 fully saturated rings. The maximum atomic E-state index is 12.9. The molecule has 1 N–H and O–H groups in total. The van der Waals surface area contributed by atoms with Gasteiger partial charge in [-0.25, -0.2) is 14.5 Å². The fourth-order valence-electron chi connectivity index (χ4n) is 4.98. The number of nitrogens with one attached hydrogen (secondary N) is 1. The van der Waals surface area contributed by atoms with Crippen molar-refractivity contribution in [2.45, 2.75) is 51.2 Å². The van der Waals surface area contributed by atoms with Gasteiger partial charge in [0.15, 0.2) is 10.6 Å². The summed E-state index contributed by atoms with van der Waals surface area (Å²) in [6, 6.07) is 3.52. The molecule has 8 nitrogen and oxygen atoms in total. The Bertz CT molecular complexity index is 1390. The van der Waals surface area contributed by atoms with E-state index < -0.39 is 0 Å². The number of hydrogen-bond acceptors (Lipinski definition) is 7. The highest BCUT2D eigenvalue weighted by Crippen LogP contribution is 2.42. The highest BCUT2D eigenvalue weighted by Gasteiger charge is 2.41. The summed E-state index contributed by atoms with van der Waals surface area (Å²) in [6.07, 6.45) is 6.00. The van der Waals surface area contributed by atoms with Crippen LogP contribution in [0.4, 0.5) is 0 Å². The summed E-state index contributed by atoms with van der Waals surface area (Å²) < 4.78 is 9.66. The number of aromatic nitrogens is 5. The lowest BCUT2D eigenvalue weighted by Crippen LogP contribution is -2.56. The summed E-state index contributed by atoms with van der Waals surface area (Å²) in [5.74, 6) is 0.381. The monoisotopic (exact) mass is 436 g/mol. The Kier molecular flexibility index (Phi) is 4.12. The Morgan fingerprint density at radius 2 is 2.10 bits per heavy atom. The van der Waals surface area contributed by atoms with Crippen LogP contribution in [0.25, 0.3) is 22.0 Å². The maximum Gasteiger partial charge on any atom is 0.259 e. The summed E-state index contributed by atoms with van der Waals surface area (Å²) in [5.41, 5.74) is 3.78. The molecule has 0 aliphatic carbocycles. The van der Waals surface area contributed by atoms with Gasteiger partial charge in [-0.1, -0.05) is 0 Å². The smallest absolute Gasteiger partial charge is 0.259 e. The molecular weight excluding hydrogens is 412 g/mol. The zero-order valence-corrected chi connectivity index (χ0v) is 18.6. The van der Waals surface area contributed by atoms with Crippen LogP contribution in [-0.2, 0) is 4.74 Å². The molecule has 2 aliphatic heterocycles. The molecule has 0 radical (unpaired) electrons. The van der Waals surface area contributed by atoms with Gasteiger partial charge < -0.3 is 10.1 Å². The average Bonchev–Trinajstić information content (AvgIpc) is 3.30. The van der Waals surface area contributed by atoms with Gasteiger partial charge in [-0.2, -0.15) is 5.10 Å². The molecule has 3 atom stereocenters. The molecule has 2 bridgehead atoms. The SMILES string of the molecule is Cc1cn2nc(-c3cc(=O)n4cc([C@H]5C[C@@H]6CNC[C@](C)(C5)O6)sc4n3)cc(C)c2n1. The number of ether oxygens (including phenoxy) is 1. The van der Waals surface area contributed by atoms with Crippen LogP contribution < -0.4 is 10.9 Å². The maximum absolute atomic E-state index is 12.9. The molecule has 4 aromatic heterocycles. The highest BCUT2D eigenvalue weighted by atomic mass is 32.1. The third kappa shape index (κ3) is 3.19. The Balaban J connectivity index is 1.41. The van der Waals surface area contributed by atoms with Gasteiger partial charge in [-0.15, -0.1) is 11.3 Å². The van der Waals surface area contributed by atoms with Crippen molar-refractivity contribution < 1.29 is 4.74 Å². The summed E-state index contributed by atoms with van der Waals surface area (Å²) >= 11 is 1.61. The molecule has 0 spiro atoms. The molecule has 9 heteroatoms. The van der Waals surface area contributed by atoms with Crippen LogP contribution in [0.2, 0.25) is 0 Å². The first kappa shape index (κ1) is 19.1. The number of nitrogens with zero attached hydrogens (tertiary/aromatic N) is 5. The number of morpholine rings is 1. The zero-order chi connectivity index (χ0) is 21.3. The van der Waals surface area contributed by atoms with E-state index in [1.165, 1.54) is 4.88 Å². The molecule has 2 saturated heterocycles. The van der Waals surface area contributed by atoms with Gasteiger partial charge in [0.25, 0.3) is 5.56 Å². The minimum absolute atomic E-state index is 0.0796. The van der Waals surface area contributed by atoms with Crippen LogP contribution in [0.3, 0.4) is 0 Å². The average molecular weight is 437 g/mol. The lowest BCUT2D eigenvalue weighted by Gasteiger charge is -2.46. The molecule has 160 valence electrons. The number of aryl methyl sites for hydroxylation is 2. The quantitative estimate of drug-likeness (QED) is 0.520. The molecule has 6 rings (SSSR count). The van der Waals surface area contributed by atoms with E-state index in [0.717, 1.165) is 42.8 Å². The molecular formula is C22H24N6O2S. The van der Waals surface area contributed by atoms with Crippen molar-refractivity contribution in [1.82, 2.24) is 29.3 Å². The van der Waals surface area contributed by atoms with Crippen molar-refractivity contribution in [3.8, 4) is 11.4 Å². The minimum Gasteiger partial charge on any atom is -0.369 e. The van der Waals surface area contributed by atoms with Crippen LogP contribution in [0, 0.1) is 13.8 Å². The fraction of sp³-hybridized carbons (Fsp3) is 0.455. The lowest BCUT2D eigenvalue weighted by molar-refractivity contribution is -0.142. The summed E-state index contributed by atoms with van der Waals surface area (Å²) in [4.78, 5) is 24.1. The van der Waals surface area contributed by atoms with E-state index in [-0.39, 0.29) is 17.3 Å². The summed E-state index contributed by atoms with van der Waals surface area (Å²) in [5, 5.41) is 8.12. The summed E-state index contributed by atoms with van der Waals surface area (Å²) in [7, 11) is 0. The van der Waals surface area contributed by atoms with Gasteiger partial charge >= 0.3 is 0 Å². The van der Waals surface area contributed by atoms with Crippen LogP contribution in [0.5, 0.6) is 0 Å². The standard InChI is InChI=1S/C22H24N6O2S/c1-12-4-17(26-28-9-13(2)24-20(12)28)16-6-19(29)27-10-18(31-21(27)25-16)14-5-15-8-23-11-22(3,7-14)30-15/h4,6,9-10,14-15,23H,5,7-8,11H2,1-3H3/t14-,15+,22-/m0/s1. The molecule has 2 aliphatic rings. The second kappa shape index (κ2) is 6.69. The van der Waals surface area contributed by atoms with Gasteiger partial charge in [-0.05, 0) is 45.2 Å². The van der Waals surface area contributed by atoms with Crippen LogP contribution in [-0.4, -0.2) is 48.8 Å². The van der Waals surface area contributed by atoms with Crippen molar-refractivity contribution in [1.29, 1.82) is 0 Å². The first-order chi connectivity index (χ1) is 14.9. The van der Waals surface area contributed by atoms with E-state index in [0.29, 0.717) is 22.3 Å². The number of rotatable bonds is 2. The Morgan fingerprint density at radius 3 is 2.94 bits per heavy atom. The fourth-order valence-corrected chi connectivity index (χ4v) is 6.08. The summed E-state index contributed by atoms with van der Waals surface area (Å²) in [6.45, 7) is 7.88. The topological polar surface area (TPSA) is 85.8 Å². The van der Waals surface area contributed by atoms with Gasteiger partial charge in [-0.3, -0.25) is 9.20 Å². The molecule has 0 unspecified atom stereocenters. The Labute approximate surface area is 182 Å². The molecule has 31 heavy (non-hydrogen) atoms. The van der Waals surface area contributed by atoms with Crippen molar-refractivity contribution in [2.75, 3.05) is 13.1 Å². The first-order valence-electron chi connectivity index (χ1n) is 10.6. The van der Waals surface area contributed by atoms with Crippen molar-refractivity contribution in [2.24, 2.45) is 0 Å². The lowest BCUT2D eigenvalue weighted by atomic mass is 9.82. The van der Waals surface area contributed by atoms with E-state index >= 15 is 0 Å². The van der Waals surface area contributed by atoms with Gasteiger partial charge in [0, 0.05) is 36.1 Å². The van der Waals surface area contributed by atoms with Crippen LogP contribution in [0.15, 0.2) is 29.3 Å². The van der Waals surface area contributed by atoms with E-state index in [2.05, 4.69) is 22.3 Å². The van der Waals surface area contributed by atoms with Crippen molar-refractivity contribution in [3.05, 3.63) is 51.0 Å². The number of fused-ring (bicyclic) bond motifs is 4. The van der Waals surface area contributed by atoms with Gasteiger partial charge in [0.05, 0.1) is 29.3 Å².